The maximum absolute atomic E-state index is 12.8. The molecule has 7 heteroatoms. The molecule has 0 radical (unpaired) electrons. The van der Waals surface area contributed by atoms with E-state index in [-0.39, 0.29) is 5.91 Å². The van der Waals surface area contributed by atoms with E-state index < -0.39 is 0 Å². The number of hydrogen-bond acceptors (Lipinski definition) is 5. The molecule has 7 nitrogen and oxygen atoms in total. The van der Waals surface area contributed by atoms with Crippen molar-refractivity contribution >= 4 is 5.91 Å². The highest BCUT2D eigenvalue weighted by Crippen LogP contribution is 2.35. The number of amides is 1. The van der Waals surface area contributed by atoms with Gasteiger partial charge in [0.25, 0.3) is 5.91 Å². The second kappa shape index (κ2) is 7.92. The fraction of sp³-hybridized carbons (Fsp3) is 0.200. The van der Waals surface area contributed by atoms with E-state index in [9.17, 15) is 4.79 Å². The second-order valence-corrected chi connectivity index (χ2v) is 5.72. The van der Waals surface area contributed by atoms with Crippen LogP contribution in [0, 0.1) is 0 Å². The summed E-state index contributed by atoms with van der Waals surface area (Å²) < 4.78 is 12.4. The number of hydroxylamine groups is 2. The van der Waals surface area contributed by atoms with Gasteiger partial charge in [-0.1, -0.05) is 18.2 Å². The van der Waals surface area contributed by atoms with E-state index in [2.05, 4.69) is 5.10 Å². The minimum absolute atomic E-state index is 0.312. The van der Waals surface area contributed by atoms with E-state index in [4.69, 9.17) is 14.3 Å². The van der Waals surface area contributed by atoms with Crippen LogP contribution in [0.15, 0.2) is 54.7 Å². The van der Waals surface area contributed by atoms with E-state index in [0.29, 0.717) is 28.3 Å². The minimum atomic E-state index is -0.312. The van der Waals surface area contributed by atoms with E-state index in [0.717, 1.165) is 10.8 Å². The molecule has 0 bridgehead atoms. The third-order valence-corrected chi connectivity index (χ3v) is 4.19. The van der Waals surface area contributed by atoms with Crippen molar-refractivity contribution in [2.45, 2.75) is 0 Å². The number of para-hydroxylation sites is 1. The van der Waals surface area contributed by atoms with Gasteiger partial charge in [0, 0.05) is 24.9 Å². The predicted octanol–water partition coefficient (Wildman–Crippen LogP) is 3.19. The molecule has 0 atom stereocenters. The van der Waals surface area contributed by atoms with E-state index in [1.54, 1.807) is 44.3 Å². The van der Waals surface area contributed by atoms with Gasteiger partial charge in [0.15, 0.2) is 0 Å². The van der Waals surface area contributed by atoms with Gasteiger partial charge >= 0.3 is 0 Å². The average molecular weight is 367 g/mol. The molecule has 3 aromatic rings. The molecule has 0 saturated carbocycles. The molecule has 0 fully saturated rings. The number of carbonyl (C=O) groups is 1. The molecule has 0 unspecified atom stereocenters. The van der Waals surface area contributed by atoms with Gasteiger partial charge in [0.05, 0.1) is 32.6 Å². The van der Waals surface area contributed by atoms with Gasteiger partial charge in [-0.25, -0.2) is 9.75 Å². The van der Waals surface area contributed by atoms with Crippen LogP contribution in [-0.2, 0) is 4.84 Å². The number of nitrogens with zero attached hydrogens (tertiary/aromatic N) is 3. The monoisotopic (exact) mass is 367 g/mol. The summed E-state index contributed by atoms with van der Waals surface area (Å²) >= 11 is 0. The van der Waals surface area contributed by atoms with Crippen LogP contribution in [0.1, 0.15) is 10.4 Å². The Bertz CT molecular complexity index is 938. The molecule has 0 saturated heterocycles. The van der Waals surface area contributed by atoms with Gasteiger partial charge in [0.1, 0.15) is 17.2 Å². The Hall–Kier alpha value is -3.32. The van der Waals surface area contributed by atoms with E-state index >= 15 is 0 Å². The van der Waals surface area contributed by atoms with Crippen LogP contribution in [0.2, 0.25) is 0 Å². The Labute approximate surface area is 157 Å². The number of carbonyl (C=O) groups excluding carboxylic acids is 1. The summed E-state index contributed by atoms with van der Waals surface area (Å²) in [6.45, 7) is 0. The standard InChI is InChI=1S/C20H21N3O4/c1-22(27-4)20(24)17-13-23(14-8-6-5-7-9-14)21-19(17)16-11-10-15(25-2)12-18(16)26-3/h5-13H,1-4H3. The molecule has 1 amide bonds. The quantitative estimate of drug-likeness (QED) is 0.626. The van der Waals surface area contributed by atoms with E-state index in [1.807, 2.05) is 36.4 Å². The Morgan fingerprint density at radius 3 is 2.41 bits per heavy atom. The number of hydrogen-bond donors (Lipinski definition) is 0. The minimum Gasteiger partial charge on any atom is -0.497 e. The molecular weight excluding hydrogens is 346 g/mol. The van der Waals surface area contributed by atoms with Crippen LogP contribution >= 0.6 is 0 Å². The third kappa shape index (κ3) is 3.63. The number of aromatic nitrogens is 2. The zero-order chi connectivity index (χ0) is 19.4. The molecule has 0 aliphatic heterocycles. The number of rotatable bonds is 6. The molecule has 1 heterocycles. The Kier molecular flexibility index (Phi) is 5.42. The topological polar surface area (TPSA) is 65.8 Å². The lowest BCUT2D eigenvalue weighted by Crippen LogP contribution is -2.25. The summed E-state index contributed by atoms with van der Waals surface area (Å²) in [5, 5.41) is 5.80. The fourth-order valence-corrected chi connectivity index (χ4v) is 2.69. The summed E-state index contributed by atoms with van der Waals surface area (Å²) in [6, 6.07) is 14.9. The first-order valence-electron chi connectivity index (χ1n) is 8.28. The van der Waals surface area contributed by atoms with Crippen LogP contribution in [0.25, 0.3) is 16.9 Å². The van der Waals surface area contributed by atoms with Crippen LogP contribution in [0.3, 0.4) is 0 Å². The molecule has 1 aromatic heterocycles. The predicted molar refractivity (Wildman–Crippen MR) is 101 cm³/mol. The van der Waals surface area contributed by atoms with Gasteiger partial charge in [-0.2, -0.15) is 5.10 Å². The second-order valence-electron chi connectivity index (χ2n) is 5.72. The first-order valence-corrected chi connectivity index (χ1v) is 8.28. The normalized spacial score (nSPS) is 10.5. The number of methoxy groups -OCH3 is 2. The number of ether oxygens (including phenoxy) is 2. The molecule has 0 spiro atoms. The summed E-state index contributed by atoms with van der Waals surface area (Å²) in [5.41, 5.74) is 2.41. The van der Waals surface area contributed by atoms with E-state index in [1.165, 1.54) is 7.11 Å². The highest BCUT2D eigenvalue weighted by molar-refractivity contribution is 6.00. The molecule has 0 N–H and O–H groups in total. The maximum Gasteiger partial charge on any atom is 0.281 e. The van der Waals surface area contributed by atoms with Gasteiger partial charge in [0.2, 0.25) is 0 Å². The lowest BCUT2D eigenvalue weighted by Gasteiger charge is -2.14. The highest BCUT2D eigenvalue weighted by atomic mass is 16.7. The van der Waals surface area contributed by atoms with Crippen molar-refractivity contribution in [3.05, 3.63) is 60.3 Å². The summed E-state index contributed by atoms with van der Waals surface area (Å²) in [5.74, 6) is 0.898. The van der Waals surface area contributed by atoms with Gasteiger partial charge in [-0.05, 0) is 24.3 Å². The molecular formula is C20H21N3O4. The van der Waals surface area contributed by atoms with Crippen LogP contribution in [-0.4, -0.2) is 49.1 Å². The molecule has 3 rings (SSSR count). The van der Waals surface area contributed by atoms with Crippen molar-refractivity contribution in [2.75, 3.05) is 28.4 Å². The first-order chi connectivity index (χ1) is 13.1. The summed E-state index contributed by atoms with van der Waals surface area (Å²) in [4.78, 5) is 17.9. The Morgan fingerprint density at radius 1 is 1.04 bits per heavy atom. The van der Waals surface area contributed by atoms with Gasteiger partial charge < -0.3 is 9.47 Å². The lowest BCUT2D eigenvalue weighted by atomic mass is 10.1. The Balaban J connectivity index is 2.19. The molecule has 0 aliphatic rings. The van der Waals surface area contributed by atoms with Crippen molar-refractivity contribution < 1.29 is 19.1 Å². The van der Waals surface area contributed by atoms with Crippen molar-refractivity contribution in [1.82, 2.24) is 14.8 Å². The highest BCUT2D eigenvalue weighted by Gasteiger charge is 2.24. The van der Waals surface area contributed by atoms with Crippen molar-refractivity contribution in [3.63, 3.8) is 0 Å². The average Bonchev–Trinajstić information content (AvgIpc) is 3.17. The molecule has 0 aliphatic carbocycles. The van der Waals surface area contributed by atoms with Crippen molar-refractivity contribution in [1.29, 1.82) is 0 Å². The van der Waals surface area contributed by atoms with Crippen molar-refractivity contribution in [2.24, 2.45) is 0 Å². The molecule has 2 aromatic carbocycles. The first kappa shape index (κ1) is 18.5. The zero-order valence-electron chi connectivity index (χ0n) is 15.7. The van der Waals surface area contributed by atoms with Gasteiger partial charge in [-0.3, -0.25) is 9.63 Å². The maximum atomic E-state index is 12.8. The zero-order valence-corrected chi connectivity index (χ0v) is 15.7. The number of benzene rings is 2. The molecule has 140 valence electrons. The largest absolute Gasteiger partial charge is 0.497 e. The fourth-order valence-electron chi connectivity index (χ4n) is 2.69. The Morgan fingerprint density at radius 2 is 1.78 bits per heavy atom. The van der Waals surface area contributed by atoms with Crippen molar-refractivity contribution in [3.8, 4) is 28.4 Å². The SMILES string of the molecule is COc1ccc(-c2nn(-c3ccccc3)cc2C(=O)N(C)OC)c(OC)c1. The van der Waals surface area contributed by atoms with Gasteiger partial charge in [-0.15, -0.1) is 0 Å². The van der Waals surface area contributed by atoms with Crippen LogP contribution in [0.5, 0.6) is 11.5 Å². The molecule has 27 heavy (non-hydrogen) atoms. The smallest absolute Gasteiger partial charge is 0.281 e. The van der Waals surface area contributed by atoms with Crippen LogP contribution in [0.4, 0.5) is 0 Å². The third-order valence-electron chi connectivity index (χ3n) is 4.19. The lowest BCUT2D eigenvalue weighted by molar-refractivity contribution is -0.0756. The summed E-state index contributed by atoms with van der Waals surface area (Å²) in [7, 11) is 6.14. The summed E-state index contributed by atoms with van der Waals surface area (Å²) in [6.07, 6.45) is 1.69. The van der Waals surface area contributed by atoms with Crippen LogP contribution < -0.4 is 9.47 Å².